The van der Waals surface area contributed by atoms with Crippen molar-refractivity contribution in [1.82, 2.24) is 10.3 Å². The first-order valence-corrected chi connectivity index (χ1v) is 6.58. The smallest absolute Gasteiger partial charge is 0.113 e. The number of rotatable bonds is 3. The maximum Gasteiger partial charge on any atom is 0.113 e. The molecule has 1 aromatic heterocycles. The topological polar surface area (TPSA) is 24.9 Å². The third-order valence-electron chi connectivity index (χ3n) is 3.35. The van der Waals surface area contributed by atoms with Crippen molar-refractivity contribution >= 4 is 11.3 Å². The van der Waals surface area contributed by atoms with Gasteiger partial charge in [-0.3, -0.25) is 0 Å². The standard InChI is InChI=1S/C12H20N2S/c1-5-13-12(6-8(2)7-12)11-14-9(3)10(4)15-11/h8,13H,5-7H2,1-4H3. The third-order valence-corrected chi connectivity index (χ3v) is 4.62. The Balaban J connectivity index is 2.26. The maximum absolute atomic E-state index is 4.71. The first-order chi connectivity index (χ1) is 7.07. The largest absolute Gasteiger partial charge is 0.306 e. The van der Waals surface area contributed by atoms with Crippen LogP contribution in [0.15, 0.2) is 0 Å². The molecule has 1 aromatic rings. The molecule has 2 rings (SSSR count). The zero-order valence-electron chi connectivity index (χ0n) is 10.1. The molecule has 2 nitrogen and oxygen atoms in total. The number of hydrogen-bond donors (Lipinski definition) is 1. The molecule has 1 saturated carbocycles. The minimum atomic E-state index is 0.206. The van der Waals surface area contributed by atoms with Gasteiger partial charge in [0.1, 0.15) is 5.01 Å². The summed E-state index contributed by atoms with van der Waals surface area (Å²) in [7, 11) is 0. The van der Waals surface area contributed by atoms with E-state index in [0.717, 1.165) is 12.5 Å². The molecular formula is C12H20N2S. The summed E-state index contributed by atoms with van der Waals surface area (Å²) in [5.41, 5.74) is 1.41. The van der Waals surface area contributed by atoms with Crippen molar-refractivity contribution in [2.24, 2.45) is 5.92 Å². The summed E-state index contributed by atoms with van der Waals surface area (Å²) >= 11 is 1.87. The average molecular weight is 224 g/mol. The van der Waals surface area contributed by atoms with Crippen molar-refractivity contribution in [3.8, 4) is 0 Å². The molecule has 0 unspecified atom stereocenters. The Kier molecular flexibility index (Phi) is 2.86. The predicted octanol–water partition coefficient (Wildman–Crippen LogP) is 2.99. The van der Waals surface area contributed by atoms with E-state index in [-0.39, 0.29) is 5.54 Å². The number of aryl methyl sites for hydroxylation is 2. The molecule has 1 heterocycles. The van der Waals surface area contributed by atoms with Crippen LogP contribution in [-0.4, -0.2) is 11.5 Å². The van der Waals surface area contributed by atoms with E-state index in [0.29, 0.717) is 0 Å². The summed E-state index contributed by atoms with van der Waals surface area (Å²) in [5, 5.41) is 4.93. The number of thiazole rings is 1. The van der Waals surface area contributed by atoms with E-state index in [9.17, 15) is 0 Å². The molecule has 0 saturated heterocycles. The van der Waals surface area contributed by atoms with E-state index in [1.165, 1.54) is 28.4 Å². The molecule has 1 aliphatic rings. The first-order valence-electron chi connectivity index (χ1n) is 5.77. The van der Waals surface area contributed by atoms with Gasteiger partial charge in [-0.15, -0.1) is 11.3 Å². The van der Waals surface area contributed by atoms with E-state index < -0.39 is 0 Å². The van der Waals surface area contributed by atoms with Crippen molar-refractivity contribution in [3.63, 3.8) is 0 Å². The van der Waals surface area contributed by atoms with Gasteiger partial charge in [-0.25, -0.2) is 4.98 Å². The average Bonchev–Trinajstić information content (AvgIpc) is 2.44. The minimum Gasteiger partial charge on any atom is -0.306 e. The Morgan fingerprint density at radius 3 is 2.53 bits per heavy atom. The SMILES string of the molecule is CCNC1(c2nc(C)c(C)s2)CC(C)C1. The van der Waals surface area contributed by atoms with Gasteiger partial charge in [-0.2, -0.15) is 0 Å². The molecule has 0 spiro atoms. The molecule has 0 atom stereocenters. The summed E-state index contributed by atoms with van der Waals surface area (Å²) in [5.74, 6) is 0.841. The lowest BCUT2D eigenvalue weighted by atomic mass is 9.69. The van der Waals surface area contributed by atoms with Crippen LogP contribution >= 0.6 is 11.3 Å². The lowest BCUT2D eigenvalue weighted by Gasteiger charge is -2.45. The van der Waals surface area contributed by atoms with Gasteiger partial charge in [0.05, 0.1) is 11.2 Å². The second-order valence-corrected chi connectivity index (χ2v) is 5.99. The zero-order valence-corrected chi connectivity index (χ0v) is 10.9. The highest BCUT2D eigenvalue weighted by atomic mass is 32.1. The van der Waals surface area contributed by atoms with Gasteiger partial charge in [0, 0.05) is 4.88 Å². The zero-order chi connectivity index (χ0) is 11.1. The fourth-order valence-corrected chi connectivity index (χ4v) is 3.64. The van der Waals surface area contributed by atoms with E-state index in [2.05, 4.69) is 33.0 Å². The molecule has 1 N–H and O–H groups in total. The molecule has 1 fully saturated rings. The number of nitrogens with one attached hydrogen (secondary N) is 1. The molecule has 84 valence electrons. The van der Waals surface area contributed by atoms with Gasteiger partial charge in [0.25, 0.3) is 0 Å². The third kappa shape index (κ3) is 1.83. The summed E-state index contributed by atoms with van der Waals surface area (Å²) in [6.07, 6.45) is 2.49. The normalized spacial score (nSPS) is 30.3. The van der Waals surface area contributed by atoms with Crippen LogP contribution in [0.3, 0.4) is 0 Å². The molecule has 15 heavy (non-hydrogen) atoms. The van der Waals surface area contributed by atoms with E-state index >= 15 is 0 Å². The van der Waals surface area contributed by atoms with Crippen LogP contribution in [0.4, 0.5) is 0 Å². The fraction of sp³-hybridized carbons (Fsp3) is 0.750. The van der Waals surface area contributed by atoms with Crippen molar-refractivity contribution < 1.29 is 0 Å². The summed E-state index contributed by atoms with van der Waals surface area (Å²) in [6.45, 7) is 9.81. The van der Waals surface area contributed by atoms with E-state index in [1.807, 2.05) is 11.3 Å². The quantitative estimate of drug-likeness (QED) is 0.853. The maximum atomic E-state index is 4.71. The van der Waals surface area contributed by atoms with Crippen LogP contribution < -0.4 is 5.32 Å². The van der Waals surface area contributed by atoms with E-state index in [1.54, 1.807) is 0 Å². The molecule has 0 bridgehead atoms. The molecule has 0 radical (unpaired) electrons. The Labute approximate surface area is 96.1 Å². The molecule has 3 heteroatoms. The molecule has 1 aliphatic carbocycles. The number of nitrogens with zero attached hydrogens (tertiary/aromatic N) is 1. The summed E-state index contributed by atoms with van der Waals surface area (Å²) < 4.78 is 0. The molecular weight excluding hydrogens is 204 g/mol. The fourth-order valence-electron chi connectivity index (χ4n) is 2.54. The highest BCUT2D eigenvalue weighted by Gasteiger charge is 2.45. The highest BCUT2D eigenvalue weighted by Crippen LogP contribution is 2.46. The molecule has 0 amide bonds. The van der Waals surface area contributed by atoms with Gasteiger partial charge in [-0.05, 0) is 39.2 Å². The van der Waals surface area contributed by atoms with E-state index in [4.69, 9.17) is 4.98 Å². The summed E-state index contributed by atoms with van der Waals surface area (Å²) in [6, 6.07) is 0. The second kappa shape index (κ2) is 3.87. The summed E-state index contributed by atoms with van der Waals surface area (Å²) in [4.78, 5) is 6.08. The van der Waals surface area contributed by atoms with Crippen LogP contribution in [0.25, 0.3) is 0 Å². The lowest BCUT2D eigenvalue weighted by molar-refractivity contribution is 0.117. The first kappa shape index (κ1) is 11.1. The Morgan fingerprint density at radius 1 is 1.47 bits per heavy atom. The van der Waals surface area contributed by atoms with Crippen molar-refractivity contribution in [2.75, 3.05) is 6.54 Å². The Hall–Kier alpha value is -0.410. The van der Waals surface area contributed by atoms with Crippen molar-refractivity contribution in [3.05, 3.63) is 15.6 Å². The van der Waals surface area contributed by atoms with Gasteiger partial charge in [0.2, 0.25) is 0 Å². The van der Waals surface area contributed by atoms with Crippen LogP contribution in [0.2, 0.25) is 0 Å². The Bertz CT molecular complexity index is 325. The Morgan fingerprint density at radius 2 is 2.13 bits per heavy atom. The van der Waals surface area contributed by atoms with Gasteiger partial charge in [0.15, 0.2) is 0 Å². The highest BCUT2D eigenvalue weighted by molar-refractivity contribution is 7.11. The monoisotopic (exact) mass is 224 g/mol. The van der Waals surface area contributed by atoms with Gasteiger partial charge >= 0.3 is 0 Å². The van der Waals surface area contributed by atoms with Gasteiger partial charge in [-0.1, -0.05) is 13.8 Å². The molecule has 0 aromatic carbocycles. The van der Waals surface area contributed by atoms with Crippen LogP contribution in [0, 0.1) is 19.8 Å². The van der Waals surface area contributed by atoms with Crippen molar-refractivity contribution in [2.45, 2.75) is 46.1 Å². The number of aromatic nitrogens is 1. The van der Waals surface area contributed by atoms with Crippen LogP contribution in [-0.2, 0) is 5.54 Å². The van der Waals surface area contributed by atoms with Gasteiger partial charge < -0.3 is 5.32 Å². The van der Waals surface area contributed by atoms with Crippen LogP contribution in [0.1, 0.15) is 42.3 Å². The molecule has 0 aliphatic heterocycles. The van der Waals surface area contributed by atoms with Crippen molar-refractivity contribution in [1.29, 1.82) is 0 Å². The lowest BCUT2D eigenvalue weighted by Crippen LogP contribution is -2.51. The minimum absolute atomic E-state index is 0.206. The number of hydrogen-bond acceptors (Lipinski definition) is 3. The predicted molar refractivity (Wildman–Crippen MR) is 65.3 cm³/mol. The van der Waals surface area contributed by atoms with Crippen LogP contribution in [0.5, 0.6) is 0 Å². The second-order valence-electron chi connectivity index (χ2n) is 4.79.